The van der Waals surface area contributed by atoms with Gasteiger partial charge in [0.15, 0.2) is 0 Å². The zero-order valence-corrected chi connectivity index (χ0v) is 7.04. The molecule has 0 unspecified atom stereocenters. The highest BCUT2D eigenvalue weighted by Gasteiger charge is 1.86. The van der Waals surface area contributed by atoms with Crippen LogP contribution in [-0.4, -0.2) is 13.1 Å². The SMILES string of the molecule is CC/C=C\C/C=C/C(=O)OC. The first-order chi connectivity index (χ1) is 5.31. The maximum atomic E-state index is 10.5. The largest absolute Gasteiger partial charge is 0.466 e. The minimum Gasteiger partial charge on any atom is -0.466 e. The Balaban J connectivity index is 3.44. The molecule has 0 saturated heterocycles. The van der Waals surface area contributed by atoms with Crippen LogP contribution in [0.3, 0.4) is 0 Å². The number of rotatable bonds is 4. The predicted octanol–water partition coefficient (Wildman–Crippen LogP) is 2.07. The summed E-state index contributed by atoms with van der Waals surface area (Å²) in [5, 5.41) is 0. The van der Waals surface area contributed by atoms with Crippen LogP contribution in [-0.2, 0) is 9.53 Å². The van der Waals surface area contributed by atoms with Gasteiger partial charge in [-0.2, -0.15) is 0 Å². The highest BCUT2D eigenvalue weighted by Crippen LogP contribution is 1.88. The van der Waals surface area contributed by atoms with Crippen molar-refractivity contribution in [3.63, 3.8) is 0 Å². The fourth-order valence-electron chi connectivity index (χ4n) is 0.574. The molecule has 0 aromatic rings. The molecule has 0 saturated carbocycles. The molecule has 62 valence electrons. The molecule has 0 aromatic carbocycles. The molecule has 2 nitrogen and oxygen atoms in total. The van der Waals surface area contributed by atoms with Crippen molar-refractivity contribution in [3.05, 3.63) is 24.3 Å². The molecule has 0 N–H and O–H groups in total. The Bertz CT molecular complexity index is 157. The maximum absolute atomic E-state index is 10.5. The summed E-state index contributed by atoms with van der Waals surface area (Å²) in [6.45, 7) is 2.07. The minimum atomic E-state index is -0.296. The van der Waals surface area contributed by atoms with E-state index in [0.29, 0.717) is 0 Å². The van der Waals surface area contributed by atoms with Gasteiger partial charge in [-0.1, -0.05) is 25.2 Å². The zero-order chi connectivity index (χ0) is 8.53. The van der Waals surface area contributed by atoms with Gasteiger partial charge in [0.2, 0.25) is 0 Å². The monoisotopic (exact) mass is 154 g/mol. The number of methoxy groups -OCH3 is 1. The quantitative estimate of drug-likeness (QED) is 0.352. The number of esters is 1. The summed E-state index contributed by atoms with van der Waals surface area (Å²) in [5.41, 5.74) is 0. The van der Waals surface area contributed by atoms with Crippen LogP contribution in [0.1, 0.15) is 19.8 Å². The highest BCUT2D eigenvalue weighted by molar-refractivity contribution is 5.81. The van der Waals surface area contributed by atoms with E-state index in [1.54, 1.807) is 6.08 Å². The Morgan fingerprint density at radius 1 is 1.36 bits per heavy atom. The summed E-state index contributed by atoms with van der Waals surface area (Å²) in [6.07, 6.45) is 9.11. The van der Waals surface area contributed by atoms with Gasteiger partial charge >= 0.3 is 5.97 Å². The smallest absolute Gasteiger partial charge is 0.330 e. The first kappa shape index (κ1) is 9.95. The van der Waals surface area contributed by atoms with Crippen LogP contribution in [0, 0.1) is 0 Å². The molecular formula is C9H14O2. The number of hydrogen-bond donors (Lipinski definition) is 0. The number of allylic oxidation sites excluding steroid dienone is 3. The molecule has 0 spiro atoms. The Morgan fingerprint density at radius 3 is 2.64 bits per heavy atom. The molecule has 0 amide bonds. The van der Waals surface area contributed by atoms with E-state index in [9.17, 15) is 4.79 Å². The first-order valence-electron chi connectivity index (χ1n) is 3.70. The van der Waals surface area contributed by atoms with Gasteiger partial charge in [0.1, 0.15) is 0 Å². The average molecular weight is 154 g/mol. The van der Waals surface area contributed by atoms with Crippen LogP contribution in [0.25, 0.3) is 0 Å². The molecule has 11 heavy (non-hydrogen) atoms. The summed E-state index contributed by atoms with van der Waals surface area (Å²) in [7, 11) is 1.37. The molecule has 0 aromatic heterocycles. The van der Waals surface area contributed by atoms with Crippen LogP contribution in [0.4, 0.5) is 0 Å². The van der Waals surface area contributed by atoms with Gasteiger partial charge in [-0.05, 0) is 12.8 Å². The summed E-state index contributed by atoms with van der Waals surface area (Å²) in [6, 6.07) is 0. The van der Waals surface area contributed by atoms with E-state index in [-0.39, 0.29) is 5.97 Å². The van der Waals surface area contributed by atoms with Crippen molar-refractivity contribution in [1.29, 1.82) is 0 Å². The fourth-order valence-corrected chi connectivity index (χ4v) is 0.574. The summed E-state index contributed by atoms with van der Waals surface area (Å²) >= 11 is 0. The lowest BCUT2D eigenvalue weighted by atomic mass is 10.3. The van der Waals surface area contributed by atoms with E-state index in [1.165, 1.54) is 13.2 Å². The standard InChI is InChI=1S/C9H14O2/c1-3-4-5-6-7-8-9(10)11-2/h4-5,7-8H,3,6H2,1-2H3/b5-4-,8-7+. The van der Waals surface area contributed by atoms with Gasteiger partial charge in [-0.3, -0.25) is 0 Å². The molecule has 0 aliphatic heterocycles. The number of carbonyl (C=O) groups is 1. The van der Waals surface area contributed by atoms with Crippen molar-refractivity contribution in [2.24, 2.45) is 0 Å². The first-order valence-corrected chi connectivity index (χ1v) is 3.70. The molecule has 0 heterocycles. The van der Waals surface area contributed by atoms with Crippen LogP contribution in [0.5, 0.6) is 0 Å². The molecule has 0 atom stereocenters. The molecular weight excluding hydrogens is 140 g/mol. The molecule has 0 radical (unpaired) electrons. The van der Waals surface area contributed by atoms with Crippen molar-refractivity contribution >= 4 is 5.97 Å². The average Bonchev–Trinajstić information content (AvgIpc) is 2.04. The van der Waals surface area contributed by atoms with Gasteiger partial charge in [0, 0.05) is 6.08 Å². The highest BCUT2D eigenvalue weighted by atomic mass is 16.5. The Labute approximate surface area is 67.6 Å². The van der Waals surface area contributed by atoms with Crippen LogP contribution >= 0.6 is 0 Å². The van der Waals surface area contributed by atoms with E-state index < -0.39 is 0 Å². The van der Waals surface area contributed by atoms with Crippen molar-refractivity contribution in [2.75, 3.05) is 7.11 Å². The number of carbonyl (C=O) groups excluding carboxylic acids is 1. The van der Waals surface area contributed by atoms with E-state index in [2.05, 4.69) is 17.7 Å². The van der Waals surface area contributed by atoms with Gasteiger partial charge < -0.3 is 4.74 Å². The van der Waals surface area contributed by atoms with Crippen molar-refractivity contribution in [1.82, 2.24) is 0 Å². The van der Waals surface area contributed by atoms with Crippen molar-refractivity contribution in [3.8, 4) is 0 Å². The molecule has 0 fully saturated rings. The van der Waals surface area contributed by atoms with E-state index >= 15 is 0 Å². The zero-order valence-electron chi connectivity index (χ0n) is 7.04. The Hall–Kier alpha value is -1.05. The fraction of sp³-hybridized carbons (Fsp3) is 0.444. The Kier molecular flexibility index (Phi) is 6.39. The van der Waals surface area contributed by atoms with Gasteiger partial charge in [-0.25, -0.2) is 4.79 Å². The van der Waals surface area contributed by atoms with Crippen LogP contribution < -0.4 is 0 Å². The Morgan fingerprint density at radius 2 is 2.09 bits per heavy atom. The number of ether oxygens (including phenoxy) is 1. The predicted molar refractivity (Wildman–Crippen MR) is 45.2 cm³/mol. The van der Waals surface area contributed by atoms with Gasteiger partial charge in [-0.15, -0.1) is 0 Å². The van der Waals surface area contributed by atoms with Crippen molar-refractivity contribution in [2.45, 2.75) is 19.8 Å². The third-order valence-electron chi connectivity index (χ3n) is 1.13. The normalized spacial score (nSPS) is 11.1. The van der Waals surface area contributed by atoms with E-state index in [1.807, 2.05) is 6.08 Å². The molecule has 0 aliphatic carbocycles. The second kappa shape index (κ2) is 7.06. The van der Waals surface area contributed by atoms with Crippen molar-refractivity contribution < 1.29 is 9.53 Å². The molecule has 0 bridgehead atoms. The lowest BCUT2D eigenvalue weighted by Crippen LogP contribution is -1.92. The van der Waals surface area contributed by atoms with Crippen LogP contribution in [0.15, 0.2) is 24.3 Å². The summed E-state index contributed by atoms with van der Waals surface area (Å²) < 4.78 is 4.41. The van der Waals surface area contributed by atoms with E-state index in [4.69, 9.17) is 0 Å². The molecule has 2 heteroatoms. The van der Waals surface area contributed by atoms with Gasteiger partial charge in [0.25, 0.3) is 0 Å². The van der Waals surface area contributed by atoms with E-state index in [0.717, 1.165) is 12.8 Å². The minimum absolute atomic E-state index is 0.296. The third kappa shape index (κ3) is 6.84. The molecule has 0 rings (SSSR count). The lowest BCUT2D eigenvalue weighted by Gasteiger charge is -1.87. The second-order valence-corrected chi connectivity index (χ2v) is 2.04. The van der Waals surface area contributed by atoms with Crippen LogP contribution in [0.2, 0.25) is 0 Å². The topological polar surface area (TPSA) is 26.3 Å². The third-order valence-corrected chi connectivity index (χ3v) is 1.13. The summed E-state index contributed by atoms with van der Waals surface area (Å²) in [4.78, 5) is 10.5. The maximum Gasteiger partial charge on any atom is 0.330 e. The van der Waals surface area contributed by atoms with Gasteiger partial charge in [0.05, 0.1) is 7.11 Å². The lowest BCUT2D eigenvalue weighted by molar-refractivity contribution is -0.134. The summed E-state index contributed by atoms with van der Waals surface area (Å²) in [5.74, 6) is -0.296. The molecule has 0 aliphatic rings. The second-order valence-electron chi connectivity index (χ2n) is 2.04. The number of hydrogen-bond acceptors (Lipinski definition) is 2.